The number of anilines is 1. The van der Waals surface area contributed by atoms with Crippen molar-refractivity contribution in [2.24, 2.45) is 0 Å². The van der Waals surface area contributed by atoms with Crippen molar-refractivity contribution in [3.8, 4) is 16.9 Å². The number of aromatic nitrogens is 3. The molecule has 0 aliphatic carbocycles. The molecular formula is C25H27ClFN5O3. The van der Waals surface area contributed by atoms with Gasteiger partial charge in [-0.2, -0.15) is 5.10 Å². The van der Waals surface area contributed by atoms with Crippen molar-refractivity contribution < 1.29 is 18.3 Å². The van der Waals surface area contributed by atoms with Crippen molar-refractivity contribution >= 4 is 28.4 Å². The van der Waals surface area contributed by atoms with Gasteiger partial charge in [-0.3, -0.25) is 9.58 Å². The summed E-state index contributed by atoms with van der Waals surface area (Å²) in [6.45, 7) is 8.75. The molecule has 1 saturated heterocycles. The van der Waals surface area contributed by atoms with Crippen molar-refractivity contribution in [3.05, 3.63) is 59.0 Å². The molecule has 1 unspecified atom stereocenters. The fourth-order valence-electron chi connectivity index (χ4n) is 4.41. The van der Waals surface area contributed by atoms with Crippen LogP contribution in [0.15, 0.2) is 41.4 Å². The minimum Gasteiger partial charge on any atom is -0.478 e. The van der Waals surface area contributed by atoms with Crippen molar-refractivity contribution in [3.63, 3.8) is 0 Å². The van der Waals surface area contributed by atoms with Gasteiger partial charge in [-0.1, -0.05) is 17.7 Å². The van der Waals surface area contributed by atoms with E-state index in [9.17, 15) is 4.39 Å². The first-order chi connectivity index (χ1) is 16.9. The second-order valence-electron chi connectivity index (χ2n) is 8.66. The Balaban J connectivity index is 1.40. The van der Waals surface area contributed by atoms with Gasteiger partial charge in [-0.05, 0) is 25.5 Å². The average Bonchev–Trinajstić information content (AvgIpc) is 3.50. The number of nitrogens with two attached hydrogens (primary N) is 1. The lowest BCUT2D eigenvalue weighted by Gasteiger charge is -2.26. The smallest absolute Gasteiger partial charge is 0.205 e. The molecule has 0 spiro atoms. The fraction of sp³-hybridized carbons (Fsp3) is 0.360. The van der Waals surface area contributed by atoms with E-state index < -0.39 is 11.9 Å². The number of nitrogen functional groups attached to an aromatic ring is 1. The molecule has 0 amide bonds. The Bertz CT molecular complexity index is 1350. The Morgan fingerprint density at radius 1 is 1.23 bits per heavy atom. The molecule has 1 fully saturated rings. The van der Waals surface area contributed by atoms with Gasteiger partial charge >= 0.3 is 0 Å². The molecule has 1 aromatic carbocycles. The van der Waals surface area contributed by atoms with Crippen LogP contribution in [0.25, 0.3) is 22.1 Å². The first kappa shape index (κ1) is 23.6. The van der Waals surface area contributed by atoms with Crippen LogP contribution in [0, 0.1) is 12.7 Å². The number of aryl methyl sites for hydroxylation is 1. The second-order valence-corrected chi connectivity index (χ2v) is 9.04. The summed E-state index contributed by atoms with van der Waals surface area (Å²) in [6, 6.07) is 3.00. The number of pyridine rings is 1. The van der Waals surface area contributed by atoms with Crippen LogP contribution in [-0.4, -0.2) is 52.5 Å². The average molecular weight is 500 g/mol. The number of rotatable bonds is 7. The summed E-state index contributed by atoms with van der Waals surface area (Å²) in [7, 11) is 0. The zero-order valence-electron chi connectivity index (χ0n) is 19.6. The molecule has 1 atom stereocenters. The van der Waals surface area contributed by atoms with Gasteiger partial charge in [0, 0.05) is 48.7 Å². The third-order valence-corrected chi connectivity index (χ3v) is 6.73. The van der Waals surface area contributed by atoms with E-state index in [2.05, 4.69) is 15.0 Å². The molecule has 0 radical (unpaired) electrons. The van der Waals surface area contributed by atoms with Crippen LogP contribution in [0.2, 0.25) is 5.02 Å². The SMILES string of the molecule is Cc1ccc(F)c(Cl)c1C(C)Oc1c(N)ncc2c(-c3cnn(CCN4CCOCC4)c3)coc12. The lowest BCUT2D eigenvalue weighted by atomic mass is 10.0. The summed E-state index contributed by atoms with van der Waals surface area (Å²) in [5.41, 5.74) is 9.72. The van der Waals surface area contributed by atoms with Gasteiger partial charge in [0.05, 0.1) is 36.4 Å². The molecule has 8 nitrogen and oxygen atoms in total. The molecule has 4 heterocycles. The van der Waals surface area contributed by atoms with Gasteiger partial charge in [0.15, 0.2) is 11.4 Å². The molecule has 1 aliphatic rings. The number of furan rings is 1. The zero-order valence-corrected chi connectivity index (χ0v) is 20.4. The highest BCUT2D eigenvalue weighted by molar-refractivity contribution is 6.31. The Kier molecular flexibility index (Phi) is 6.64. The van der Waals surface area contributed by atoms with Gasteiger partial charge in [0.1, 0.15) is 18.2 Å². The third kappa shape index (κ3) is 4.71. The number of benzene rings is 1. The van der Waals surface area contributed by atoms with E-state index in [1.54, 1.807) is 31.6 Å². The van der Waals surface area contributed by atoms with E-state index in [-0.39, 0.29) is 10.8 Å². The fourth-order valence-corrected chi connectivity index (χ4v) is 4.77. The van der Waals surface area contributed by atoms with Gasteiger partial charge in [-0.25, -0.2) is 9.37 Å². The maximum absolute atomic E-state index is 14.1. The molecule has 3 aromatic heterocycles. The van der Waals surface area contributed by atoms with Gasteiger partial charge in [0.25, 0.3) is 0 Å². The summed E-state index contributed by atoms with van der Waals surface area (Å²) in [6.07, 6.45) is 6.52. The lowest BCUT2D eigenvalue weighted by Crippen LogP contribution is -2.38. The Morgan fingerprint density at radius 2 is 2.03 bits per heavy atom. The van der Waals surface area contributed by atoms with Crippen LogP contribution in [0.5, 0.6) is 5.75 Å². The van der Waals surface area contributed by atoms with Gasteiger partial charge < -0.3 is 19.6 Å². The summed E-state index contributed by atoms with van der Waals surface area (Å²) in [5.74, 6) is -0.0322. The predicted octanol–water partition coefficient (Wildman–Crippen LogP) is 4.85. The first-order valence-electron chi connectivity index (χ1n) is 11.5. The van der Waals surface area contributed by atoms with Crippen LogP contribution >= 0.6 is 11.6 Å². The Morgan fingerprint density at radius 3 is 2.83 bits per heavy atom. The Hall–Kier alpha value is -3.14. The highest BCUT2D eigenvalue weighted by atomic mass is 35.5. The van der Waals surface area contributed by atoms with Crippen molar-refractivity contribution in [1.82, 2.24) is 19.7 Å². The van der Waals surface area contributed by atoms with E-state index in [4.69, 9.17) is 31.2 Å². The minimum atomic E-state index is -0.579. The van der Waals surface area contributed by atoms with Gasteiger partial charge in [0.2, 0.25) is 5.75 Å². The standard InChI is InChI=1S/C25H27ClFN5O3/c1-15-3-4-20(27)22(26)21(15)16(2)35-24-23-18(12-29-25(24)28)19(14-34-23)17-11-30-32(13-17)6-5-31-7-9-33-10-8-31/h3-4,11-14,16H,5-10H2,1-2H3,(H2,28,29). The maximum atomic E-state index is 14.1. The minimum absolute atomic E-state index is 0.0285. The number of fused-ring (bicyclic) bond motifs is 1. The number of hydrogen-bond donors (Lipinski definition) is 1. The summed E-state index contributed by atoms with van der Waals surface area (Å²) in [5, 5.41) is 5.28. The molecule has 2 N–H and O–H groups in total. The maximum Gasteiger partial charge on any atom is 0.205 e. The molecule has 35 heavy (non-hydrogen) atoms. The normalized spacial score (nSPS) is 15.5. The van der Waals surface area contributed by atoms with Crippen LogP contribution in [0.1, 0.15) is 24.2 Å². The first-order valence-corrected chi connectivity index (χ1v) is 11.9. The topological polar surface area (TPSA) is 91.6 Å². The zero-order chi connectivity index (χ0) is 24.5. The Labute approximate surface area is 207 Å². The molecule has 0 saturated carbocycles. The highest BCUT2D eigenvalue weighted by Gasteiger charge is 2.23. The number of nitrogens with zero attached hydrogens (tertiary/aromatic N) is 4. The summed E-state index contributed by atoms with van der Waals surface area (Å²) in [4.78, 5) is 6.68. The van der Waals surface area contributed by atoms with E-state index in [1.807, 2.05) is 17.8 Å². The van der Waals surface area contributed by atoms with Crippen molar-refractivity contribution in [2.75, 3.05) is 38.6 Å². The molecular weight excluding hydrogens is 473 g/mol. The van der Waals surface area contributed by atoms with E-state index in [0.717, 1.165) is 61.5 Å². The monoisotopic (exact) mass is 499 g/mol. The van der Waals surface area contributed by atoms with Crippen molar-refractivity contribution in [1.29, 1.82) is 0 Å². The highest BCUT2D eigenvalue weighted by Crippen LogP contribution is 2.40. The molecule has 0 bridgehead atoms. The number of morpholine rings is 1. The second kappa shape index (κ2) is 9.85. The molecule has 5 rings (SSSR count). The summed E-state index contributed by atoms with van der Waals surface area (Å²) < 4.78 is 33.5. The lowest BCUT2D eigenvalue weighted by molar-refractivity contribution is 0.0360. The van der Waals surface area contributed by atoms with Crippen LogP contribution < -0.4 is 10.5 Å². The van der Waals surface area contributed by atoms with Crippen LogP contribution in [-0.2, 0) is 11.3 Å². The van der Waals surface area contributed by atoms with Crippen LogP contribution in [0.3, 0.4) is 0 Å². The number of halogens is 2. The quantitative estimate of drug-likeness (QED) is 0.388. The molecule has 4 aromatic rings. The largest absolute Gasteiger partial charge is 0.478 e. The van der Waals surface area contributed by atoms with Crippen molar-refractivity contribution in [2.45, 2.75) is 26.5 Å². The number of hydrogen-bond acceptors (Lipinski definition) is 7. The third-order valence-electron chi connectivity index (χ3n) is 6.35. The summed E-state index contributed by atoms with van der Waals surface area (Å²) >= 11 is 6.24. The predicted molar refractivity (Wildman–Crippen MR) is 132 cm³/mol. The van der Waals surface area contributed by atoms with E-state index >= 15 is 0 Å². The molecule has 1 aliphatic heterocycles. The molecule has 184 valence electrons. The van der Waals surface area contributed by atoms with Crippen LogP contribution in [0.4, 0.5) is 10.2 Å². The number of ether oxygens (including phenoxy) is 2. The van der Waals surface area contributed by atoms with E-state index in [1.165, 1.54) is 6.07 Å². The molecule has 10 heteroatoms. The van der Waals surface area contributed by atoms with E-state index in [0.29, 0.717) is 16.9 Å². The van der Waals surface area contributed by atoms with Gasteiger partial charge in [-0.15, -0.1) is 0 Å².